The molecule has 0 atom stereocenters. The van der Waals surface area contributed by atoms with Crippen LogP contribution in [-0.4, -0.2) is 13.2 Å². The van der Waals surface area contributed by atoms with Gasteiger partial charge in [-0.3, -0.25) is 0 Å². The molecule has 0 fully saturated rings. The third-order valence-corrected chi connectivity index (χ3v) is 2.81. The molecule has 0 bridgehead atoms. The minimum Gasteiger partial charge on any atom is -0.184 e. The van der Waals surface area contributed by atoms with E-state index in [0.29, 0.717) is 5.92 Å². The smallest absolute Gasteiger partial charge is 0.114 e. The normalized spacial score (nSPS) is 11.4. The van der Waals surface area contributed by atoms with Crippen LogP contribution in [0, 0.1) is 0 Å². The molecule has 0 radical (unpaired) electrons. The van der Waals surface area contributed by atoms with E-state index in [1.165, 1.54) is 5.56 Å². The van der Waals surface area contributed by atoms with E-state index in [0.717, 1.165) is 11.0 Å². The molecule has 0 aliphatic carbocycles. The zero-order valence-electron chi connectivity index (χ0n) is 7.53. The fraction of sp³-hybridized carbons (Fsp3) is 0.333. The van der Waals surface area contributed by atoms with Gasteiger partial charge in [-0.25, -0.2) is 0 Å². The summed E-state index contributed by atoms with van der Waals surface area (Å²) >= 11 is 2.13. The summed E-state index contributed by atoms with van der Waals surface area (Å²) in [6.45, 7) is 4.35. The molecule has 2 rings (SSSR count). The van der Waals surface area contributed by atoms with Crippen LogP contribution in [0.5, 0.6) is 0 Å². The zero-order chi connectivity index (χ0) is 9.42. The average molecular weight is 287 g/mol. The Kier molecular flexibility index (Phi) is 2.23. The van der Waals surface area contributed by atoms with Crippen molar-refractivity contribution in [1.29, 1.82) is 0 Å². The van der Waals surface area contributed by atoms with E-state index in [1.54, 1.807) is 2.90 Å². The van der Waals surface area contributed by atoms with Crippen molar-refractivity contribution in [2.24, 2.45) is 0 Å². The topological polar surface area (TPSA) is 30.7 Å². The summed E-state index contributed by atoms with van der Waals surface area (Å²) in [7, 11) is 0. The lowest BCUT2D eigenvalue weighted by Gasteiger charge is -2.03. The second-order valence-corrected chi connectivity index (χ2v) is 4.27. The Morgan fingerprint density at radius 2 is 2.15 bits per heavy atom. The number of nitrogens with zero attached hydrogens (tertiary/aromatic N) is 3. The van der Waals surface area contributed by atoms with Crippen LogP contribution in [0.2, 0.25) is 0 Å². The maximum absolute atomic E-state index is 4.07. The van der Waals surface area contributed by atoms with Crippen LogP contribution in [0.4, 0.5) is 0 Å². The molecule has 0 amide bonds. The molecule has 0 saturated carbocycles. The lowest BCUT2D eigenvalue weighted by molar-refractivity contribution is 0.868. The summed E-state index contributed by atoms with van der Waals surface area (Å²) in [5.41, 5.74) is 3.36. The molecule has 1 aromatic carbocycles. The highest BCUT2D eigenvalue weighted by Gasteiger charge is 2.04. The van der Waals surface area contributed by atoms with Crippen molar-refractivity contribution in [3.05, 3.63) is 23.8 Å². The van der Waals surface area contributed by atoms with Crippen LogP contribution in [0.1, 0.15) is 25.3 Å². The van der Waals surface area contributed by atoms with Crippen molar-refractivity contribution in [2.45, 2.75) is 19.8 Å². The number of hydrogen-bond acceptors (Lipinski definition) is 2. The summed E-state index contributed by atoms with van der Waals surface area (Å²) in [6.07, 6.45) is 0. The lowest BCUT2D eigenvalue weighted by Crippen LogP contribution is -1.86. The first-order valence-corrected chi connectivity index (χ1v) is 5.16. The molecule has 0 N–H and O–H groups in total. The zero-order valence-corrected chi connectivity index (χ0v) is 9.69. The summed E-state index contributed by atoms with van der Waals surface area (Å²) in [5, 5.41) is 8.02. The standard InChI is InChI=1S/C9H10IN3/c1-6(2)7-3-4-9-8(5-7)11-12-13(9)10/h3-6H,1-2H3. The number of rotatable bonds is 1. The van der Waals surface area contributed by atoms with Gasteiger partial charge in [-0.05, 0) is 23.6 Å². The van der Waals surface area contributed by atoms with E-state index in [9.17, 15) is 0 Å². The van der Waals surface area contributed by atoms with Gasteiger partial charge in [0.05, 0.1) is 22.9 Å². The number of fused-ring (bicyclic) bond motifs is 1. The molecule has 3 nitrogen and oxygen atoms in total. The second kappa shape index (κ2) is 3.25. The van der Waals surface area contributed by atoms with E-state index in [-0.39, 0.29) is 0 Å². The molecule has 68 valence electrons. The van der Waals surface area contributed by atoms with Crippen LogP contribution in [0.15, 0.2) is 18.2 Å². The average Bonchev–Trinajstić information content (AvgIpc) is 2.47. The molecular formula is C9H10IN3. The molecule has 0 spiro atoms. The van der Waals surface area contributed by atoms with Crippen molar-refractivity contribution >= 4 is 33.9 Å². The van der Waals surface area contributed by atoms with E-state index < -0.39 is 0 Å². The van der Waals surface area contributed by atoms with Crippen LogP contribution >= 0.6 is 22.9 Å². The Balaban J connectivity index is 2.63. The molecule has 13 heavy (non-hydrogen) atoms. The second-order valence-electron chi connectivity index (χ2n) is 3.35. The summed E-state index contributed by atoms with van der Waals surface area (Å²) in [6, 6.07) is 6.30. The number of halogens is 1. The van der Waals surface area contributed by atoms with Crippen molar-refractivity contribution in [1.82, 2.24) is 13.2 Å². The Morgan fingerprint density at radius 1 is 1.38 bits per heavy atom. The van der Waals surface area contributed by atoms with Crippen LogP contribution in [-0.2, 0) is 0 Å². The van der Waals surface area contributed by atoms with Gasteiger partial charge < -0.3 is 0 Å². The van der Waals surface area contributed by atoms with Crippen molar-refractivity contribution in [3.8, 4) is 0 Å². The fourth-order valence-corrected chi connectivity index (χ4v) is 1.78. The third-order valence-electron chi connectivity index (χ3n) is 2.10. The van der Waals surface area contributed by atoms with Gasteiger partial charge in [0, 0.05) is 0 Å². The minimum absolute atomic E-state index is 0.545. The third kappa shape index (κ3) is 1.54. The Labute approximate surface area is 90.6 Å². The highest BCUT2D eigenvalue weighted by molar-refractivity contribution is 14.1. The molecule has 4 heteroatoms. The van der Waals surface area contributed by atoms with Crippen LogP contribution < -0.4 is 0 Å². The Hall–Kier alpha value is -0.650. The van der Waals surface area contributed by atoms with Gasteiger partial charge in [-0.2, -0.15) is 2.90 Å². The summed E-state index contributed by atoms with van der Waals surface area (Å²) < 4.78 is 1.76. The maximum Gasteiger partial charge on any atom is 0.114 e. The SMILES string of the molecule is CC(C)c1ccc2c(c1)nnn2I. The molecule has 0 aliphatic rings. The van der Waals surface area contributed by atoms with Gasteiger partial charge >= 0.3 is 0 Å². The highest BCUT2D eigenvalue weighted by Crippen LogP contribution is 2.20. The first-order valence-electron chi connectivity index (χ1n) is 4.20. The van der Waals surface area contributed by atoms with Crippen molar-refractivity contribution in [2.75, 3.05) is 0 Å². The van der Waals surface area contributed by atoms with E-state index >= 15 is 0 Å². The fourth-order valence-electron chi connectivity index (χ4n) is 1.27. The van der Waals surface area contributed by atoms with Crippen molar-refractivity contribution < 1.29 is 0 Å². The Morgan fingerprint density at radius 3 is 2.85 bits per heavy atom. The van der Waals surface area contributed by atoms with Gasteiger partial charge in [-0.15, -0.1) is 5.10 Å². The van der Waals surface area contributed by atoms with Crippen LogP contribution in [0.3, 0.4) is 0 Å². The predicted octanol–water partition coefficient (Wildman–Crippen LogP) is 2.75. The van der Waals surface area contributed by atoms with E-state index in [2.05, 4.69) is 65.2 Å². The first-order chi connectivity index (χ1) is 6.18. The summed E-state index contributed by atoms with van der Waals surface area (Å²) in [4.78, 5) is 0. The molecule has 2 aromatic rings. The molecule has 0 saturated heterocycles. The molecule has 0 unspecified atom stereocenters. The largest absolute Gasteiger partial charge is 0.184 e. The van der Waals surface area contributed by atoms with Crippen LogP contribution in [0.25, 0.3) is 11.0 Å². The maximum atomic E-state index is 4.07. The monoisotopic (exact) mass is 287 g/mol. The number of benzene rings is 1. The van der Waals surface area contributed by atoms with Gasteiger partial charge in [-0.1, -0.05) is 25.1 Å². The summed E-state index contributed by atoms with van der Waals surface area (Å²) in [5.74, 6) is 0.545. The quantitative estimate of drug-likeness (QED) is 0.755. The van der Waals surface area contributed by atoms with E-state index in [1.807, 2.05) is 0 Å². The Bertz CT molecular complexity index is 433. The minimum atomic E-state index is 0.545. The highest BCUT2D eigenvalue weighted by atomic mass is 127. The van der Waals surface area contributed by atoms with E-state index in [4.69, 9.17) is 0 Å². The first kappa shape index (κ1) is 8.93. The van der Waals surface area contributed by atoms with Crippen molar-refractivity contribution in [3.63, 3.8) is 0 Å². The molecule has 1 aromatic heterocycles. The lowest BCUT2D eigenvalue weighted by atomic mass is 10.0. The van der Waals surface area contributed by atoms with Gasteiger partial charge in [0.2, 0.25) is 0 Å². The van der Waals surface area contributed by atoms with Gasteiger partial charge in [0.1, 0.15) is 11.0 Å². The number of aromatic nitrogens is 3. The molecule has 1 heterocycles. The van der Waals surface area contributed by atoms with Gasteiger partial charge in [0.15, 0.2) is 0 Å². The molecule has 0 aliphatic heterocycles. The number of hydrogen-bond donors (Lipinski definition) is 0. The predicted molar refractivity (Wildman–Crippen MR) is 61.0 cm³/mol. The molecular weight excluding hydrogens is 277 g/mol. The van der Waals surface area contributed by atoms with Gasteiger partial charge in [0.25, 0.3) is 0 Å².